The molecule has 1 aromatic rings. The van der Waals surface area contributed by atoms with Crippen molar-refractivity contribution in [2.75, 3.05) is 13.1 Å². The SMILES string of the molecule is BC(B)(B)NC(=O)c1ccc(OC2CNC2)c(F)n1. The molecule has 0 unspecified atom stereocenters. The molecule has 0 aromatic carbocycles. The summed E-state index contributed by atoms with van der Waals surface area (Å²) in [6.07, 6.45) is -0.0226. The molecule has 0 aliphatic carbocycles. The number of ether oxygens (including phenoxy) is 1. The number of carbonyl (C=O) groups is 1. The highest BCUT2D eigenvalue weighted by molar-refractivity contribution is 6.60. The van der Waals surface area contributed by atoms with E-state index in [1.165, 1.54) is 12.1 Å². The van der Waals surface area contributed by atoms with Crippen LogP contribution in [-0.4, -0.2) is 58.9 Å². The Bertz CT molecular complexity index is 491. The van der Waals surface area contributed by atoms with Crippen molar-refractivity contribution in [3.8, 4) is 5.75 Å². The van der Waals surface area contributed by atoms with Gasteiger partial charge in [-0.2, -0.15) is 4.39 Å². The Labute approximate surface area is 113 Å². The molecule has 1 aromatic heterocycles. The normalized spacial score (nSPS) is 15.6. The monoisotopic (exact) mass is 261 g/mol. The number of aromatic nitrogens is 1. The topological polar surface area (TPSA) is 63.2 Å². The number of nitrogens with zero attached hydrogens (tertiary/aromatic N) is 1. The molecule has 98 valence electrons. The lowest BCUT2D eigenvalue weighted by Gasteiger charge is -2.27. The number of carbonyl (C=O) groups excluding carboxylic acids is 1. The van der Waals surface area contributed by atoms with Crippen LogP contribution in [0.15, 0.2) is 12.1 Å². The van der Waals surface area contributed by atoms with Crippen molar-refractivity contribution in [3.05, 3.63) is 23.8 Å². The standard InChI is InChI=1S/C10H15B3FN3O2/c11-10(12,13)17-9(18)6-1-2-7(8(14)16-6)19-5-3-15-4-5/h1-2,5,15H,3-4,11-13H2,(H,17,18). The van der Waals surface area contributed by atoms with Crippen LogP contribution in [0, 0.1) is 5.95 Å². The summed E-state index contributed by atoms with van der Waals surface area (Å²) in [5, 5.41) is 5.36. The van der Waals surface area contributed by atoms with Crippen molar-refractivity contribution in [2.24, 2.45) is 0 Å². The van der Waals surface area contributed by atoms with Crippen molar-refractivity contribution in [3.63, 3.8) is 0 Å². The van der Waals surface area contributed by atoms with Crippen LogP contribution >= 0.6 is 0 Å². The molecular weight excluding hydrogens is 246 g/mol. The minimum Gasteiger partial charge on any atom is -0.483 e. The van der Waals surface area contributed by atoms with E-state index in [1.807, 2.05) is 23.5 Å². The number of hydrogen-bond donors (Lipinski definition) is 2. The van der Waals surface area contributed by atoms with Crippen LogP contribution in [0.25, 0.3) is 0 Å². The molecule has 1 saturated heterocycles. The number of hydrogen-bond acceptors (Lipinski definition) is 4. The fraction of sp³-hybridized carbons (Fsp3) is 0.400. The molecule has 1 aliphatic heterocycles. The van der Waals surface area contributed by atoms with E-state index in [0.717, 1.165) is 0 Å². The summed E-state index contributed by atoms with van der Waals surface area (Å²) in [6, 6.07) is 2.91. The molecule has 0 radical (unpaired) electrons. The summed E-state index contributed by atoms with van der Waals surface area (Å²) in [7, 11) is 5.55. The second-order valence-electron chi connectivity index (χ2n) is 5.59. The average molecular weight is 261 g/mol. The fourth-order valence-corrected chi connectivity index (χ4v) is 1.57. The van der Waals surface area contributed by atoms with E-state index in [-0.39, 0.29) is 22.8 Å². The molecule has 19 heavy (non-hydrogen) atoms. The third-order valence-corrected chi connectivity index (χ3v) is 2.57. The van der Waals surface area contributed by atoms with Crippen LogP contribution in [0.2, 0.25) is 0 Å². The zero-order chi connectivity index (χ0) is 14.0. The summed E-state index contributed by atoms with van der Waals surface area (Å²) < 4.78 is 19.1. The molecule has 2 N–H and O–H groups in total. The first kappa shape index (κ1) is 13.9. The molecule has 1 fully saturated rings. The van der Waals surface area contributed by atoms with E-state index in [4.69, 9.17) is 4.74 Å². The first-order chi connectivity index (χ1) is 8.85. The molecule has 1 amide bonds. The molecular formula is C10H15B3FN3O2. The van der Waals surface area contributed by atoms with Crippen molar-refractivity contribution >= 4 is 29.4 Å². The third kappa shape index (κ3) is 3.73. The molecule has 1 aliphatic rings. The van der Waals surface area contributed by atoms with E-state index in [0.29, 0.717) is 13.1 Å². The maximum Gasteiger partial charge on any atom is 0.268 e. The summed E-state index contributed by atoms with van der Waals surface area (Å²) in [4.78, 5) is 15.5. The van der Waals surface area contributed by atoms with Crippen LogP contribution in [0.3, 0.4) is 0 Å². The Kier molecular flexibility index (Phi) is 3.84. The number of amides is 1. The van der Waals surface area contributed by atoms with Gasteiger partial charge < -0.3 is 15.4 Å². The number of pyridine rings is 1. The van der Waals surface area contributed by atoms with E-state index >= 15 is 0 Å². The number of halogens is 1. The summed E-state index contributed by atoms with van der Waals surface area (Å²) in [6.45, 7) is 1.40. The predicted octanol–water partition coefficient (Wildman–Crippen LogP) is -3.19. The maximum atomic E-state index is 13.7. The zero-order valence-electron chi connectivity index (χ0n) is 11.3. The summed E-state index contributed by atoms with van der Waals surface area (Å²) in [5.74, 6) is -1.07. The average Bonchev–Trinajstić information content (AvgIpc) is 2.22. The van der Waals surface area contributed by atoms with Gasteiger partial charge in [0, 0.05) is 13.1 Å². The zero-order valence-corrected chi connectivity index (χ0v) is 11.3. The molecule has 2 rings (SSSR count). The van der Waals surface area contributed by atoms with Gasteiger partial charge >= 0.3 is 0 Å². The van der Waals surface area contributed by atoms with Gasteiger partial charge in [0.25, 0.3) is 11.9 Å². The van der Waals surface area contributed by atoms with E-state index < -0.39 is 11.9 Å². The van der Waals surface area contributed by atoms with Gasteiger partial charge in [0.1, 0.15) is 35.3 Å². The lowest BCUT2D eigenvalue weighted by Crippen LogP contribution is -2.50. The number of rotatable bonds is 4. The fourth-order valence-electron chi connectivity index (χ4n) is 1.57. The Morgan fingerprint density at radius 1 is 1.47 bits per heavy atom. The predicted molar refractivity (Wildman–Crippen MR) is 77.3 cm³/mol. The van der Waals surface area contributed by atoms with Gasteiger partial charge in [-0.05, 0) is 17.4 Å². The maximum absolute atomic E-state index is 13.7. The van der Waals surface area contributed by atoms with Gasteiger partial charge in [0.05, 0.1) is 0 Å². The van der Waals surface area contributed by atoms with Crippen molar-refractivity contribution in [1.82, 2.24) is 15.6 Å². The van der Waals surface area contributed by atoms with Gasteiger partial charge in [-0.15, -0.1) is 0 Å². The molecule has 0 bridgehead atoms. The number of nitrogens with one attached hydrogen (secondary N) is 2. The molecule has 0 atom stereocenters. The van der Waals surface area contributed by atoms with Gasteiger partial charge in [-0.3, -0.25) is 4.79 Å². The summed E-state index contributed by atoms with van der Waals surface area (Å²) >= 11 is 0. The van der Waals surface area contributed by atoms with Crippen LogP contribution in [0.5, 0.6) is 5.75 Å². The Morgan fingerprint density at radius 2 is 2.16 bits per heavy atom. The van der Waals surface area contributed by atoms with Gasteiger partial charge in [0.15, 0.2) is 5.75 Å². The van der Waals surface area contributed by atoms with Crippen molar-refractivity contribution < 1.29 is 13.9 Å². The van der Waals surface area contributed by atoms with Gasteiger partial charge in [0.2, 0.25) is 0 Å². The highest BCUT2D eigenvalue weighted by atomic mass is 19.1. The largest absolute Gasteiger partial charge is 0.483 e. The molecule has 0 saturated carbocycles. The van der Waals surface area contributed by atoms with Crippen molar-refractivity contribution in [1.29, 1.82) is 0 Å². The van der Waals surface area contributed by atoms with Gasteiger partial charge in [-0.25, -0.2) is 4.98 Å². The smallest absolute Gasteiger partial charge is 0.268 e. The van der Waals surface area contributed by atoms with E-state index in [1.54, 1.807) is 0 Å². The van der Waals surface area contributed by atoms with Crippen LogP contribution in [-0.2, 0) is 0 Å². The van der Waals surface area contributed by atoms with Crippen LogP contribution in [0.4, 0.5) is 4.39 Å². The quantitative estimate of drug-likeness (QED) is 0.443. The first-order valence-corrected chi connectivity index (χ1v) is 6.21. The summed E-state index contributed by atoms with van der Waals surface area (Å²) in [5.41, 5.74) is 0.0477. The van der Waals surface area contributed by atoms with Crippen LogP contribution in [0.1, 0.15) is 10.5 Å². The molecule has 0 spiro atoms. The molecule has 9 heteroatoms. The lowest BCUT2D eigenvalue weighted by atomic mass is 9.49. The van der Waals surface area contributed by atoms with Gasteiger partial charge in [-0.1, -0.05) is 0 Å². The second kappa shape index (κ2) is 5.24. The second-order valence-corrected chi connectivity index (χ2v) is 5.59. The third-order valence-electron chi connectivity index (χ3n) is 2.57. The Balaban J connectivity index is 2.07. The minimum atomic E-state index is -0.756. The highest BCUT2D eigenvalue weighted by Gasteiger charge is 2.22. The Morgan fingerprint density at radius 3 is 2.63 bits per heavy atom. The minimum absolute atomic E-state index is 0.0226. The molecule has 2 heterocycles. The Hall–Kier alpha value is -1.50. The molecule has 5 nitrogen and oxygen atoms in total. The van der Waals surface area contributed by atoms with Crippen molar-refractivity contribution in [2.45, 2.75) is 11.3 Å². The van der Waals surface area contributed by atoms with E-state index in [9.17, 15) is 9.18 Å². The first-order valence-electron chi connectivity index (χ1n) is 6.21. The van der Waals surface area contributed by atoms with E-state index in [2.05, 4.69) is 15.6 Å². The lowest BCUT2D eigenvalue weighted by molar-refractivity contribution is 0.0945. The van der Waals surface area contributed by atoms with Crippen LogP contribution < -0.4 is 15.4 Å². The highest BCUT2D eigenvalue weighted by Crippen LogP contribution is 2.18.